The summed E-state index contributed by atoms with van der Waals surface area (Å²) in [6, 6.07) is 7.87. The summed E-state index contributed by atoms with van der Waals surface area (Å²) >= 11 is 3.36. The smallest absolute Gasteiger partial charge is 0.405 e. The third kappa shape index (κ3) is 4.34. The minimum absolute atomic E-state index is 0.570. The maximum absolute atomic E-state index is 10.7. The number of ether oxygens (including phenoxy) is 1. The summed E-state index contributed by atoms with van der Waals surface area (Å²) in [5.41, 5.74) is 5.52. The van der Waals surface area contributed by atoms with Crippen LogP contribution in [0.2, 0.25) is 0 Å². The highest BCUT2D eigenvalue weighted by Crippen LogP contribution is 2.18. The van der Waals surface area contributed by atoms with E-state index < -0.39 is 11.7 Å². The zero-order valence-electron chi connectivity index (χ0n) is 8.79. The Bertz CT molecular complexity index is 346. The summed E-state index contributed by atoms with van der Waals surface area (Å²) in [4.78, 5) is 10.7. The number of carbonyl (C=O) groups is 1. The van der Waals surface area contributed by atoms with Gasteiger partial charge in [0.2, 0.25) is 0 Å². The maximum Gasteiger partial charge on any atom is 0.405 e. The molecular weight excluding hydrogens is 258 g/mol. The van der Waals surface area contributed by atoms with Crippen LogP contribution in [0, 0.1) is 0 Å². The Morgan fingerprint density at radius 3 is 2.40 bits per heavy atom. The number of benzene rings is 1. The molecule has 1 aromatic rings. The standard InChI is InChI=1S/C11H14BrNO2/c1-11(2,15-10(13)14)7-8-3-5-9(12)6-4-8/h3-6H,7H2,1-2H3,(H2,13,14). The lowest BCUT2D eigenvalue weighted by molar-refractivity contribution is 0.0460. The fourth-order valence-electron chi connectivity index (χ4n) is 1.40. The summed E-state index contributed by atoms with van der Waals surface area (Å²) in [5, 5.41) is 0. The van der Waals surface area contributed by atoms with E-state index in [4.69, 9.17) is 10.5 Å². The molecule has 0 aromatic heterocycles. The molecule has 3 nitrogen and oxygen atoms in total. The first-order valence-corrected chi connectivity index (χ1v) is 5.41. The van der Waals surface area contributed by atoms with Crippen LogP contribution in [0.25, 0.3) is 0 Å². The van der Waals surface area contributed by atoms with E-state index >= 15 is 0 Å². The van der Waals surface area contributed by atoms with Gasteiger partial charge in [-0.15, -0.1) is 0 Å². The number of rotatable bonds is 3. The topological polar surface area (TPSA) is 52.3 Å². The van der Waals surface area contributed by atoms with Gasteiger partial charge in [0, 0.05) is 10.9 Å². The van der Waals surface area contributed by atoms with Crippen LogP contribution in [-0.2, 0) is 11.2 Å². The molecule has 0 saturated heterocycles. The van der Waals surface area contributed by atoms with Crippen molar-refractivity contribution in [2.45, 2.75) is 25.9 Å². The molecule has 1 aromatic carbocycles. The quantitative estimate of drug-likeness (QED) is 0.919. The van der Waals surface area contributed by atoms with Gasteiger partial charge in [-0.1, -0.05) is 28.1 Å². The highest BCUT2D eigenvalue weighted by atomic mass is 79.9. The lowest BCUT2D eigenvalue weighted by Crippen LogP contribution is -2.33. The van der Waals surface area contributed by atoms with Crippen molar-refractivity contribution >= 4 is 22.0 Å². The molecule has 0 unspecified atom stereocenters. The van der Waals surface area contributed by atoms with Gasteiger partial charge >= 0.3 is 6.09 Å². The lowest BCUT2D eigenvalue weighted by atomic mass is 9.98. The van der Waals surface area contributed by atoms with Crippen LogP contribution >= 0.6 is 15.9 Å². The Hall–Kier alpha value is -1.03. The average molecular weight is 272 g/mol. The van der Waals surface area contributed by atoms with Crippen LogP contribution in [0.5, 0.6) is 0 Å². The summed E-state index contributed by atoms with van der Waals surface area (Å²) < 4.78 is 6.03. The number of hydrogen-bond donors (Lipinski definition) is 1. The Morgan fingerprint density at radius 2 is 1.93 bits per heavy atom. The Labute approximate surface area is 97.7 Å². The molecule has 0 bridgehead atoms. The van der Waals surface area contributed by atoms with Gasteiger partial charge in [0.15, 0.2) is 0 Å². The molecule has 0 radical (unpaired) electrons. The van der Waals surface area contributed by atoms with E-state index in [1.54, 1.807) is 0 Å². The molecule has 0 fully saturated rings. The highest BCUT2D eigenvalue weighted by molar-refractivity contribution is 9.10. The number of primary amides is 1. The molecule has 0 spiro atoms. The van der Waals surface area contributed by atoms with Gasteiger partial charge in [-0.05, 0) is 31.5 Å². The van der Waals surface area contributed by atoms with E-state index in [0.29, 0.717) is 6.42 Å². The van der Waals surface area contributed by atoms with E-state index in [1.807, 2.05) is 38.1 Å². The van der Waals surface area contributed by atoms with Crippen LogP contribution in [-0.4, -0.2) is 11.7 Å². The van der Waals surface area contributed by atoms with Gasteiger partial charge in [-0.3, -0.25) is 0 Å². The van der Waals surface area contributed by atoms with E-state index in [1.165, 1.54) is 0 Å². The van der Waals surface area contributed by atoms with Gasteiger partial charge in [0.05, 0.1) is 0 Å². The minimum atomic E-state index is -0.739. The number of amides is 1. The molecule has 0 aliphatic rings. The molecule has 15 heavy (non-hydrogen) atoms. The Kier molecular flexibility index (Phi) is 3.74. The molecule has 0 aliphatic heterocycles. The zero-order chi connectivity index (χ0) is 11.5. The van der Waals surface area contributed by atoms with Crippen LogP contribution < -0.4 is 5.73 Å². The molecule has 0 heterocycles. The third-order valence-corrected chi connectivity index (χ3v) is 2.45. The van der Waals surface area contributed by atoms with Crippen molar-refractivity contribution in [3.05, 3.63) is 34.3 Å². The third-order valence-electron chi connectivity index (χ3n) is 1.92. The van der Waals surface area contributed by atoms with Crippen molar-refractivity contribution in [3.63, 3.8) is 0 Å². The molecule has 82 valence electrons. The number of nitrogens with two attached hydrogens (primary N) is 1. The van der Waals surface area contributed by atoms with Crippen molar-refractivity contribution in [2.75, 3.05) is 0 Å². The molecule has 1 amide bonds. The van der Waals surface area contributed by atoms with Gasteiger partial charge in [0.25, 0.3) is 0 Å². The monoisotopic (exact) mass is 271 g/mol. The molecule has 0 saturated carbocycles. The lowest BCUT2D eigenvalue weighted by Gasteiger charge is -2.23. The fraction of sp³-hybridized carbons (Fsp3) is 0.364. The van der Waals surface area contributed by atoms with E-state index in [9.17, 15) is 4.79 Å². The molecule has 0 atom stereocenters. The predicted octanol–water partition coefficient (Wildman–Crippen LogP) is 2.87. The van der Waals surface area contributed by atoms with Crippen molar-refractivity contribution in [2.24, 2.45) is 5.73 Å². The van der Waals surface area contributed by atoms with Crippen molar-refractivity contribution in [1.29, 1.82) is 0 Å². The van der Waals surface area contributed by atoms with Crippen LogP contribution in [0.4, 0.5) is 4.79 Å². The normalized spacial score (nSPS) is 11.1. The second-order valence-electron chi connectivity index (χ2n) is 3.98. The van der Waals surface area contributed by atoms with Crippen molar-refractivity contribution in [1.82, 2.24) is 0 Å². The number of carbonyl (C=O) groups excluding carboxylic acids is 1. The average Bonchev–Trinajstić information content (AvgIpc) is 2.06. The maximum atomic E-state index is 10.7. The molecule has 4 heteroatoms. The SMILES string of the molecule is CC(C)(Cc1ccc(Br)cc1)OC(N)=O. The van der Waals surface area contributed by atoms with Crippen LogP contribution in [0.15, 0.2) is 28.7 Å². The second kappa shape index (κ2) is 4.66. The first-order valence-electron chi connectivity index (χ1n) is 4.62. The summed E-state index contributed by atoms with van der Waals surface area (Å²) in [5.74, 6) is 0. The minimum Gasteiger partial charge on any atom is -0.443 e. The highest BCUT2D eigenvalue weighted by Gasteiger charge is 2.21. The van der Waals surface area contributed by atoms with Crippen molar-refractivity contribution < 1.29 is 9.53 Å². The van der Waals surface area contributed by atoms with Gasteiger partial charge < -0.3 is 10.5 Å². The Morgan fingerprint density at radius 1 is 1.40 bits per heavy atom. The summed E-state index contributed by atoms with van der Waals surface area (Å²) in [6.45, 7) is 3.67. The predicted molar refractivity (Wildman–Crippen MR) is 62.6 cm³/mol. The zero-order valence-corrected chi connectivity index (χ0v) is 10.4. The summed E-state index contributed by atoms with van der Waals surface area (Å²) in [6.07, 6.45) is -0.0967. The Balaban J connectivity index is 2.68. The first-order chi connectivity index (χ1) is 6.89. The molecular formula is C11H14BrNO2. The largest absolute Gasteiger partial charge is 0.443 e. The van der Waals surface area contributed by atoms with Crippen molar-refractivity contribution in [3.8, 4) is 0 Å². The van der Waals surface area contributed by atoms with Gasteiger partial charge in [-0.25, -0.2) is 4.79 Å². The number of hydrogen-bond acceptors (Lipinski definition) is 2. The van der Waals surface area contributed by atoms with E-state index in [0.717, 1.165) is 10.0 Å². The molecule has 2 N–H and O–H groups in total. The molecule has 1 rings (SSSR count). The fourth-order valence-corrected chi connectivity index (χ4v) is 1.67. The first kappa shape index (κ1) is 12.0. The number of halogens is 1. The summed E-state index contributed by atoms with van der Waals surface area (Å²) in [7, 11) is 0. The van der Waals surface area contributed by atoms with Crippen LogP contribution in [0.1, 0.15) is 19.4 Å². The molecule has 0 aliphatic carbocycles. The van der Waals surface area contributed by atoms with E-state index in [-0.39, 0.29) is 0 Å². The van der Waals surface area contributed by atoms with E-state index in [2.05, 4.69) is 15.9 Å². The van der Waals surface area contributed by atoms with Gasteiger partial charge in [0.1, 0.15) is 5.60 Å². The van der Waals surface area contributed by atoms with Crippen LogP contribution in [0.3, 0.4) is 0 Å². The van der Waals surface area contributed by atoms with Gasteiger partial charge in [-0.2, -0.15) is 0 Å². The second-order valence-corrected chi connectivity index (χ2v) is 4.90.